The fourth-order valence-electron chi connectivity index (χ4n) is 1.74. The standard InChI is InChI=1S/C14H16N2OS/c1-9(2)13(18)14(17)16-12-5-3-4-10-8-15-7-6-11(10)12/h3-9,13,18H,1-2H3,(H,16,17). The van der Waals surface area contributed by atoms with Crippen LogP contribution >= 0.6 is 12.6 Å². The molecule has 0 saturated heterocycles. The van der Waals surface area contributed by atoms with Crippen molar-refractivity contribution in [2.45, 2.75) is 19.1 Å². The summed E-state index contributed by atoms with van der Waals surface area (Å²) in [5.41, 5.74) is 0.805. The molecule has 1 amide bonds. The first-order chi connectivity index (χ1) is 8.59. The van der Waals surface area contributed by atoms with Gasteiger partial charge in [0.1, 0.15) is 0 Å². The van der Waals surface area contributed by atoms with Crippen molar-refractivity contribution < 1.29 is 4.79 Å². The lowest BCUT2D eigenvalue weighted by Crippen LogP contribution is -2.27. The van der Waals surface area contributed by atoms with E-state index in [1.54, 1.807) is 12.4 Å². The molecule has 3 nitrogen and oxygen atoms in total. The summed E-state index contributed by atoms with van der Waals surface area (Å²) in [4.78, 5) is 16.1. The van der Waals surface area contributed by atoms with Crippen LogP contribution in [0.4, 0.5) is 5.69 Å². The Labute approximate surface area is 112 Å². The molecule has 0 aliphatic heterocycles. The summed E-state index contributed by atoms with van der Waals surface area (Å²) in [6.45, 7) is 3.95. The van der Waals surface area contributed by atoms with Gasteiger partial charge < -0.3 is 5.32 Å². The second-order valence-corrected chi connectivity index (χ2v) is 5.14. The summed E-state index contributed by atoms with van der Waals surface area (Å²) in [5, 5.41) is 4.62. The number of anilines is 1. The van der Waals surface area contributed by atoms with Gasteiger partial charge in [-0.25, -0.2) is 0 Å². The van der Waals surface area contributed by atoms with E-state index in [0.717, 1.165) is 16.5 Å². The van der Waals surface area contributed by atoms with E-state index in [1.807, 2.05) is 38.1 Å². The molecule has 1 atom stereocenters. The van der Waals surface area contributed by atoms with Gasteiger partial charge in [-0.3, -0.25) is 9.78 Å². The van der Waals surface area contributed by atoms with Gasteiger partial charge in [-0.15, -0.1) is 0 Å². The van der Waals surface area contributed by atoms with Gasteiger partial charge in [0.15, 0.2) is 0 Å². The molecule has 1 N–H and O–H groups in total. The first-order valence-corrected chi connectivity index (χ1v) is 6.43. The summed E-state index contributed by atoms with van der Waals surface area (Å²) in [6.07, 6.45) is 3.50. The second kappa shape index (κ2) is 5.40. The zero-order valence-electron chi connectivity index (χ0n) is 10.4. The van der Waals surface area contributed by atoms with Crippen LogP contribution in [0, 0.1) is 5.92 Å². The van der Waals surface area contributed by atoms with Crippen LogP contribution in [0.5, 0.6) is 0 Å². The lowest BCUT2D eigenvalue weighted by atomic mass is 10.1. The first-order valence-electron chi connectivity index (χ1n) is 5.91. The number of amides is 1. The maximum Gasteiger partial charge on any atom is 0.237 e. The van der Waals surface area contributed by atoms with Crippen molar-refractivity contribution >= 4 is 35.0 Å². The Morgan fingerprint density at radius 2 is 2.11 bits per heavy atom. The second-order valence-electron chi connectivity index (χ2n) is 4.58. The molecular weight excluding hydrogens is 244 g/mol. The molecule has 2 rings (SSSR count). The average Bonchev–Trinajstić information content (AvgIpc) is 2.38. The molecule has 0 aliphatic rings. The Kier molecular flexibility index (Phi) is 3.87. The summed E-state index contributed by atoms with van der Waals surface area (Å²) in [6, 6.07) is 7.66. The number of fused-ring (bicyclic) bond motifs is 1. The lowest BCUT2D eigenvalue weighted by Gasteiger charge is -2.15. The predicted octanol–water partition coefficient (Wildman–Crippen LogP) is 3.13. The molecule has 0 spiro atoms. The van der Waals surface area contributed by atoms with Crippen molar-refractivity contribution in [1.29, 1.82) is 0 Å². The molecule has 4 heteroatoms. The highest BCUT2D eigenvalue weighted by molar-refractivity contribution is 7.81. The van der Waals surface area contributed by atoms with Crippen LogP contribution in [0.25, 0.3) is 10.8 Å². The molecular formula is C14H16N2OS. The Bertz CT molecular complexity index is 563. The quantitative estimate of drug-likeness (QED) is 0.833. The summed E-state index contributed by atoms with van der Waals surface area (Å²) in [7, 11) is 0. The minimum Gasteiger partial charge on any atom is -0.325 e. The van der Waals surface area contributed by atoms with E-state index in [1.165, 1.54) is 0 Å². The number of pyridine rings is 1. The number of carbonyl (C=O) groups excluding carboxylic acids is 1. The summed E-state index contributed by atoms with van der Waals surface area (Å²) < 4.78 is 0. The van der Waals surface area contributed by atoms with E-state index in [4.69, 9.17) is 0 Å². The van der Waals surface area contributed by atoms with E-state index in [9.17, 15) is 4.79 Å². The third-order valence-corrected chi connectivity index (χ3v) is 3.67. The van der Waals surface area contributed by atoms with E-state index >= 15 is 0 Å². The van der Waals surface area contributed by atoms with E-state index in [2.05, 4.69) is 22.9 Å². The molecule has 0 saturated carbocycles. The van der Waals surface area contributed by atoms with Crippen LogP contribution in [0.2, 0.25) is 0 Å². The number of hydrogen-bond donors (Lipinski definition) is 2. The van der Waals surface area contributed by atoms with Crippen molar-refractivity contribution in [2.24, 2.45) is 5.92 Å². The fraction of sp³-hybridized carbons (Fsp3) is 0.286. The molecule has 18 heavy (non-hydrogen) atoms. The molecule has 1 aromatic heterocycles. The van der Waals surface area contributed by atoms with Crippen LogP contribution in [-0.4, -0.2) is 16.1 Å². The third kappa shape index (κ3) is 2.64. The van der Waals surface area contributed by atoms with Gasteiger partial charge in [0.2, 0.25) is 5.91 Å². The molecule has 0 fully saturated rings. The minimum absolute atomic E-state index is 0.0716. The van der Waals surface area contributed by atoms with Gasteiger partial charge in [-0.05, 0) is 18.1 Å². The van der Waals surface area contributed by atoms with E-state index in [0.29, 0.717) is 0 Å². The number of nitrogens with one attached hydrogen (secondary N) is 1. The van der Waals surface area contributed by atoms with Crippen molar-refractivity contribution in [2.75, 3.05) is 5.32 Å². The molecule has 1 aromatic carbocycles. The fourth-order valence-corrected chi connectivity index (χ4v) is 1.81. The average molecular weight is 260 g/mol. The van der Waals surface area contributed by atoms with Crippen LogP contribution in [0.3, 0.4) is 0 Å². The largest absolute Gasteiger partial charge is 0.325 e. The molecule has 1 heterocycles. The van der Waals surface area contributed by atoms with Gasteiger partial charge in [-0.1, -0.05) is 26.0 Å². The minimum atomic E-state index is -0.304. The van der Waals surface area contributed by atoms with Crippen LogP contribution < -0.4 is 5.32 Å². The lowest BCUT2D eigenvalue weighted by molar-refractivity contribution is -0.116. The van der Waals surface area contributed by atoms with Gasteiger partial charge in [-0.2, -0.15) is 12.6 Å². The molecule has 0 aliphatic carbocycles. The molecule has 0 bridgehead atoms. The van der Waals surface area contributed by atoms with E-state index in [-0.39, 0.29) is 17.1 Å². The first kappa shape index (κ1) is 12.9. The Morgan fingerprint density at radius 3 is 2.83 bits per heavy atom. The third-order valence-electron chi connectivity index (χ3n) is 2.84. The maximum absolute atomic E-state index is 12.0. The highest BCUT2D eigenvalue weighted by Gasteiger charge is 2.18. The highest BCUT2D eigenvalue weighted by atomic mass is 32.1. The van der Waals surface area contributed by atoms with Gasteiger partial charge >= 0.3 is 0 Å². The smallest absolute Gasteiger partial charge is 0.237 e. The van der Waals surface area contributed by atoms with Crippen LogP contribution in [0.1, 0.15) is 13.8 Å². The number of thiol groups is 1. The predicted molar refractivity (Wildman–Crippen MR) is 78.0 cm³/mol. The SMILES string of the molecule is CC(C)C(S)C(=O)Nc1cccc2cnccc12. The molecule has 94 valence electrons. The number of nitrogens with zero attached hydrogens (tertiary/aromatic N) is 1. The number of hydrogen-bond acceptors (Lipinski definition) is 3. The topological polar surface area (TPSA) is 42.0 Å². The Hall–Kier alpha value is -1.55. The number of aromatic nitrogens is 1. The summed E-state index contributed by atoms with van der Waals surface area (Å²) in [5.74, 6) is 0.127. The number of benzene rings is 1. The number of carbonyl (C=O) groups is 1. The normalized spacial score (nSPS) is 12.7. The zero-order valence-corrected chi connectivity index (χ0v) is 11.3. The molecule has 2 aromatic rings. The molecule has 1 unspecified atom stereocenters. The number of rotatable bonds is 3. The van der Waals surface area contributed by atoms with Gasteiger partial charge in [0.25, 0.3) is 0 Å². The van der Waals surface area contributed by atoms with Crippen LogP contribution in [-0.2, 0) is 4.79 Å². The zero-order chi connectivity index (χ0) is 13.1. The molecule has 0 radical (unpaired) electrons. The van der Waals surface area contributed by atoms with Gasteiger partial charge in [0.05, 0.1) is 5.25 Å². The van der Waals surface area contributed by atoms with Gasteiger partial charge in [0, 0.05) is 28.9 Å². The highest BCUT2D eigenvalue weighted by Crippen LogP contribution is 2.23. The maximum atomic E-state index is 12.0. The monoisotopic (exact) mass is 260 g/mol. The Morgan fingerprint density at radius 1 is 1.33 bits per heavy atom. The van der Waals surface area contributed by atoms with Crippen molar-refractivity contribution in [3.05, 3.63) is 36.7 Å². The Balaban J connectivity index is 2.30. The van der Waals surface area contributed by atoms with E-state index < -0.39 is 0 Å². The van der Waals surface area contributed by atoms with Crippen molar-refractivity contribution in [3.63, 3.8) is 0 Å². The van der Waals surface area contributed by atoms with Crippen LogP contribution in [0.15, 0.2) is 36.7 Å². The van der Waals surface area contributed by atoms with Crippen molar-refractivity contribution in [1.82, 2.24) is 4.98 Å². The summed E-state index contributed by atoms with van der Waals surface area (Å²) >= 11 is 4.32. The van der Waals surface area contributed by atoms with Crippen molar-refractivity contribution in [3.8, 4) is 0 Å².